The quantitative estimate of drug-likeness (QED) is 0.832. The van der Waals surface area contributed by atoms with E-state index in [1.807, 2.05) is 4.90 Å². The Balaban J connectivity index is 1.30. The summed E-state index contributed by atoms with van der Waals surface area (Å²) in [4.78, 5) is 40.8. The lowest BCUT2D eigenvalue weighted by Gasteiger charge is -2.40. The number of aromatic nitrogens is 4. The van der Waals surface area contributed by atoms with E-state index in [4.69, 9.17) is 0 Å². The number of amides is 1. The largest absolute Gasteiger partial charge is 0.356 e. The zero-order valence-corrected chi connectivity index (χ0v) is 17.1. The van der Waals surface area contributed by atoms with E-state index in [9.17, 15) is 9.59 Å². The van der Waals surface area contributed by atoms with Gasteiger partial charge >= 0.3 is 5.69 Å². The summed E-state index contributed by atoms with van der Waals surface area (Å²) in [5.74, 6) is 1.08. The van der Waals surface area contributed by atoms with Gasteiger partial charge in [-0.05, 0) is 50.9 Å². The van der Waals surface area contributed by atoms with Gasteiger partial charge in [0.25, 0.3) is 5.91 Å². The van der Waals surface area contributed by atoms with E-state index in [-0.39, 0.29) is 23.1 Å². The van der Waals surface area contributed by atoms with Crippen LogP contribution in [-0.4, -0.2) is 56.0 Å². The first kappa shape index (κ1) is 18.4. The third-order valence-electron chi connectivity index (χ3n) is 7.22. The Morgan fingerprint density at radius 1 is 1.24 bits per heavy atom. The summed E-state index contributed by atoms with van der Waals surface area (Å²) < 4.78 is 1.40. The van der Waals surface area contributed by atoms with Crippen LogP contribution < -0.4 is 10.6 Å². The molecule has 1 spiro atoms. The van der Waals surface area contributed by atoms with Crippen LogP contribution >= 0.6 is 0 Å². The number of H-pyrrole nitrogens is 1. The molecular weight excluding hydrogens is 368 g/mol. The molecule has 29 heavy (non-hydrogen) atoms. The van der Waals surface area contributed by atoms with Crippen LogP contribution in [0, 0.1) is 5.41 Å². The molecule has 4 heterocycles. The fourth-order valence-electron chi connectivity index (χ4n) is 5.55. The van der Waals surface area contributed by atoms with Crippen LogP contribution in [-0.2, 0) is 19.9 Å². The second kappa shape index (κ2) is 6.71. The number of piperidine rings is 1. The van der Waals surface area contributed by atoms with E-state index < -0.39 is 0 Å². The molecule has 8 nitrogen and oxygen atoms in total. The summed E-state index contributed by atoms with van der Waals surface area (Å²) in [5, 5.41) is 0. The molecule has 1 atom stereocenters. The van der Waals surface area contributed by atoms with Crippen molar-refractivity contribution in [2.45, 2.75) is 51.5 Å². The molecule has 2 saturated heterocycles. The minimum atomic E-state index is -0.249. The lowest BCUT2D eigenvalue weighted by atomic mass is 9.76. The molecule has 1 aliphatic carbocycles. The average Bonchev–Trinajstić information content (AvgIpc) is 3.41. The van der Waals surface area contributed by atoms with Crippen molar-refractivity contribution < 1.29 is 4.79 Å². The molecule has 1 unspecified atom stereocenters. The molecule has 1 N–H and O–H groups in total. The molecule has 3 aliphatic rings. The molecule has 154 valence electrons. The predicted molar refractivity (Wildman–Crippen MR) is 109 cm³/mol. The van der Waals surface area contributed by atoms with Crippen LogP contribution in [0.15, 0.2) is 17.3 Å². The number of nitrogens with one attached hydrogen (secondary N) is 1. The SMILES string of the molecule is CC1CC2(CCN(c3ncnc4c3CCC4)CC2)CN1C(=O)c1c[nH]c(=O)n1C. The van der Waals surface area contributed by atoms with Crippen molar-refractivity contribution in [3.8, 4) is 0 Å². The van der Waals surface area contributed by atoms with Crippen molar-refractivity contribution in [1.82, 2.24) is 24.4 Å². The number of carbonyl (C=O) groups is 1. The zero-order chi connectivity index (χ0) is 20.2. The fraction of sp³-hybridized carbons (Fsp3) is 0.619. The highest BCUT2D eigenvalue weighted by Crippen LogP contribution is 2.44. The van der Waals surface area contributed by atoms with E-state index >= 15 is 0 Å². The number of hydrogen-bond acceptors (Lipinski definition) is 5. The Hall–Kier alpha value is -2.64. The number of fused-ring (bicyclic) bond motifs is 1. The highest BCUT2D eigenvalue weighted by atomic mass is 16.2. The van der Waals surface area contributed by atoms with Gasteiger partial charge in [0.05, 0.1) is 0 Å². The highest BCUT2D eigenvalue weighted by Gasteiger charge is 2.46. The minimum Gasteiger partial charge on any atom is -0.356 e. The third-order valence-corrected chi connectivity index (χ3v) is 7.22. The second-order valence-electron chi connectivity index (χ2n) is 8.99. The zero-order valence-electron chi connectivity index (χ0n) is 17.1. The topological polar surface area (TPSA) is 87.1 Å². The predicted octanol–water partition coefficient (Wildman–Crippen LogP) is 1.51. The van der Waals surface area contributed by atoms with Gasteiger partial charge < -0.3 is 14.8 Å². The van der Waals surface area contributed by atoms with E-state index in [1.54, 1.807) is 13.4 Å². The summed E-state index contributed by atoms with van der Waals surface area (Å²) in [5.41, 5.74) is 2.91. The number of likely N-dealkylation sites (tertiary alicyclic amines) is 1. The van der Waals surface area contributed by atoms with Crippen molar-refractivity contribution in [3.05, 3.63) is 40.0 Å². The van der Waals surface area contributed by atoms with Gasteiger partial charge in [0.2, 0.25) is 0 Å². The van der Waals surface area contributed by atoms with Crippen molar-refractivity contribution in [2.24, 2.45) is 12.5 Å². The Morgan fingerprint density at radius 2 is 2.03 bits per heavy atom. The first-order valence-corrected chi connectivity index (χ1v) is 10.6. The Morgan fingerprint density at radius 3 is 2.76 bits per heavy atom. The average molecular weight is 396 g/mol. The molecule has 2 aromatic heterocycles. The van der Waals surface area contributed by atoms with Crippen LogP contribution in [0.2, 0.25) is 0 Å². The first-order valence-electron chi connectivity index (χ1n) is 10.6. The van der Waals surface area contributed by atoms with Crippen molar-refractivity contribution >= 4 is 11.7 Å². The van der Waals surface area contributed by atoms with Crippen molar-refractivity contribution in [1.29, 1.82) is 0 Å². The lowest BCUT2D eigenvalue weighted by molar-refractivity contribution is 0.0715. The molecular formula is C21H28N6O2. The molecule has 8 heteroatoms. The van der Waals surface area contributed by atoms with Gasteiger partial charge in [-0.15, -0.1) is 0 Å². The molecule has 0 aromatic carbocycles. The van der Waals surface area contributed by atoms with Crippen LogP contribution in [0.1, 0.15) is 54.4 Å². The van der Waals surface area contributed by atoms with Crippen molar-refractivity contribution in [3.63, 3.8) is 0 Å². The maximum Gasteiger partial charge on any atom is 0.325 e. The third kappa shape index (κ3) is 2.96. The molecule has 0 radical (unpaired) electrons. The number of rotatable bonds is 2. The number of anilines is 1. The molecule has 1 amide bonds. The van der Waals surface area contributed by atoms with Crippen LogP contribution in [0.4, 0.5) is 5.82 Å². The van der Waals surface area contributed by atoms with Crippen LogP contribution in [0.5, 0.6) is 0 Å². The number of nitrogens with zero attached hydrogens (tertiary/aromatic N) is 5. The van der Waals surface area contributed by atoms with Gasteiger partial charge in [0, 0.05) is 50.2 Å². The molecule has 2 aromatic rings. The smallest absolute Gasteiger partial charge is 0.325 e. The Labute approximate surface area is 170 Å². The maximum absolute atomic E-state index is 13.1. The molecule has 2 aliphatic heterocycles. The van der Waals surface area contributed by atoms with Gasteiger partial charge in [-0.2, -0.15) is 0 Å². The number of aromatic amines is 1. The van der Waals surface area contributed by atoms with Gasteiger partial charge in [-0.3, -0.25) is 9.36 Å². The minimum absolute atomic E-state index is 0.0497. The summed E-state index contributed by atoms with van der Waals surface area (Å²) in [6.45, 7) is 4.84. The number of carbonyl (C=O) groups excluding carboxylic acids is 1. The number of imidazole rings is 1. The standard InChI is InChI=1S/C21H28N6O2/c1-14-10-21(12-27(14)19(28)17-11-22-20(29)25(17)2)6-8-26(9-7-21)18-15-4-3-5-16(15)23-13-24-18/h11,13-14H,3-10,12H2,1-2H3,(H,22,29). The molecule has 0 bridgehead atoms. The summed E-state index contributed by atoms with van der Waals surface area (Å²) in [6.07, 6.45) is 9.71. The van der Waals surface area contributed by atoms with Crippen molar-refractivity contribution in [2.75, 3.05) is 24.5 Å². The summed E-state index contributed by atoms with van der Waals surface area (Å²) in [6, 6.07) is 0.183. The van der Waals surface area contributed by atoms with E-state index in [2.05, 4.69) is 26.8 Å². The van der Waals surface area contributed by atoms with E-state index in [0.717, 1.165) is 57.6 Å². The molecule has 0 saturated carbocycles. The fourth-order valence-corrected chi connectivity index (χ4v) is 5.55. The van der Waals surface area contributed by atoms with Crippen LogP contribution in [0.3, 0.4) is 0 Å². The van der Waals surface area contributed by atoms with Gasteiger partial charge in [-0.1, -0.05) is 0 Å². The molecule has 5 rings (SSSR count). The maximum atomic E-state index is 13.1. The Bertz CT molecular complexity index is 1000. The monoisotopic (exact) mass is 396 g/mol. The first-order chi connectivity index (χ1) is 14.0. The number of hydrogen-bond donors (Lipinski definition) is 1. The summed E-state index contributed by atoms with van der Waals surface area (Å²) >= 11 is 0. The number of aryl methyl sites for hydroxylation is 1. The van der Waals surface area contributed by atoms with E-state index in [0.29, 0.717) is 5.69 Å². The van der Waals surface area contributed by atoms with Gasteiger partial charge in [-0.25, -0.2) is 14.8 Å². The lowest BCUT2D eigenvalue weighted by Crippen LogP contribution is -2.43. The normalized spacial score (nSPS) is 23.0. The molecule has 2 fully saturated rings. The van der Waals surface area contributed by atoms with Gasteiger partial charge in [0.15, 0.2) is 0 Å². The van der Waals surface area contributed by atoms with Gasteiger partial charge in [0.1, 0.15) is 17.8 Å². The highest BCUT2D eigenvalue weighted by molar-refractivity contribution is 5.92. The second-order valence-corrected chi connectivity index (χ2v) is 8.99. The summed E-state index contributed by atoms with van der Waals surface area (Å²) in [7, 11) is 1.64. The van der Waals surface area contributed by atoms with Crippen LogP contribution in [0.25, 0.3) is 0 Å². The Kier molecular flexibility index (Phi) is 4.26. The van der Waals surface area contributed by atoms with E-state index in [1.165, 1.54) is 28.4 Å².